The standard InChI is InChI=1S/C15H22BrF2N/c1-3-5-11(10-19-8-4-2)9-12-14(17)7-6-13(16)15(12)18/h6-7,11,19H,3-5,8-10H2,1-2H3. The SMILES string of the molecule is CCCNCC(CCC)Cc1c(F)ccc(Br)c1F. The van der Waals surface area contributed by atoms with Gasteiger partial charge in [-0.05, 0) is 66.3 Å². The summed E-state index contributed by atoms with van der Waals surface area (Å²) in [6.07, 6.45) is 3.51. The van der Waals surface area contributed by atoms with Crippen LogP contribution in [0.1, 0.15) is 38.7 Å². The van der Waals surface area contributed by atoms with Gasteiger partial charge in [-0.2, -0.15) is 0 Å². The van der Waals surface area contributed by atoms with Crippen LogP contribution in [0.4, 0.5) is 8.78 Å². The molecule has 0 heterocycles. The summed E-state index contributed by atoms with van der Waals surface area (Å²) in [7, 11) is 0. The van der Waals surface area contributed by atoms with E-state index in [1.807, 2.05) is 0 Å². The Morgan fingerprint density at radius 3 is 2.58 bits per heavy atom. The Hall–Kier alpha value is -0.480. The normalized spacial score (nSPS) is 12.7. The van der Waals surface area contributed by atoms with Crippen molar-refractivity contribution >= 4 is 15.9 Å². The van der Waals surface area contributed by atoms with Gasteiger partial charge in [-0.1, -0.05) is 20.3 Å². The number of benzene rings is 1. The summed E-state index contributed by atoms with van der Waals surface area (Å²) < 4.78 is 28.0. The number of halogens is 3. The first kappa shape index (κ1) is 16.6. The quantitative estimate of drug-likeness (QED) is 0.537. The van der Waals surface area contributed by atoms with E-state index in [0.717, 1.165) is 32.4 Å². The summed E-state index contributed by atoms with van der Waals surface area (Å²) in [6.45, 7) is 5.96. The van der Waals surface area contributed by atoms with E-state index < -0.39 is 11.6 Å². The molecule has 1 N–H and O–H groups in total. The molecule has 1 unspecified atom stereocenters. The molecule has 1 rings (SSSR count). The second-order valence-electron chi connectivity index (χ2n) is 4.88. The van der Waals surface area contributed by atoms with Crippen LogP contribution in [0.2, 0.25) is 0 Å². The van der Waals surface area contributed by atoms with Crippen molar-refractivity contribution in [3.8, 4) is 0 Å². The van der Waals surface area contributed by atoms with Crippen LogP contribution in [0.25, 0.3) is 0 Å². The highest BCUT2D eigenvalue weighted by atomic mass is 79.9. The lowest BCUT2D eigenvalue weighted by Gasteiger charge is -2.18. The largest absolute Gasteiger partial charge is 0.316 e. The summed E-state index contributed by atoms with van der Waals surface area (Å²) in [6, 6.07) is 2.74. The van der Waals surface area contributed by atoms with Gasteiger partial charge < -0.3 is 5.32 Å². The Morgan fingerprint density at radius 2 is 1.95 bits per heavy atom. The molecule has 0 saturated carbocycles. The Morgan fingerprint density at radius 1 is 1.21 bits per heavy atom. The van der Waals surface area contributed by atoms with Crippen LogP contribution >= 0.6 is 15.9 Å². The zero-order chi connectivity index (χ0) is 14.3. The molecule has 0 aromatic heterocycles. The maximum atomic E-state index is 13.9. The number of rotatable bonds is 8. The Balaban J connectivity index is 2.75. The van der Waals surface area contributed by atoms with Crippen LogP contribution in [-0.4, -0.2) is 13.1 Å². The van der Waals surface area contributed by atoms with Crippen LogP contribution in [0.3, 0.4) is 0 Å². The highest BCUT2D eigenvalue weighted by Gasteiger charge is 2.17. The molecule has 108 valence electrons. The molecule has 1 aromatic rings. The van der Waals surface area contributed by atoms with Crippen LogP contribution in [0, 0.1) is 17.6 Å². The van der Waals surface area contributed by atoms with E-state index >= 15 is 0 Å². The van der Waals surface area contributed by atoms with E-state index in [2.05, 4.69) is 35.1 Å². The predicted molar refractivity (Wildman–Crippen MR) is 79.3 cm³/mol. The summed E-state index contributed by atoms with van der Waals surface area (Å²) in [5, 5.41) is 3.34. The summed E-state index contributed by atoms with van der Waals surface area (Å²) in [5.74, 6) is -0.635. The fraction of sp³-hybridized carbons (Fsp3) is 0.600. The minimum atomic E-state index is -0.461. The topological polar surface area (TPSA) is 12.0 Å². The molecule has 0 aliphatic rings. The molecule has 0 spiro atoms. The van der Waals surface area contributed by atoms with Crippen molar-refractivity contribution in [2.75, 3.05) is 13.1 Å². The minimum absolute atomic E-state index is 0.200. The van der Waals surface area contributed by atoms with Gasteiger partial charge in [0, 0.05) is 5.56 Å². The van der Waals surface area contributed by atoms with Crippen molar-refractivity contribution < 1.29 is 8.78 Å². The Labute approximate surface area is 122 Å². The third kappa shape index (κ3) is 5.19. The van der Waals surface area contributed by atoms with Gasteiger partial charge >= 0.3 is 0 Å². The smallest absolute Gasteiger partial charge is 0.143 e. The molecule has 0 amide bonds. The monoisotopic (exact) mass is 333 g/mol. The lowest BCUT2D eigenvalue weighted by Crippen LogP contribution is -2.25. The van der Waals surface area contributed by atoms with Crippen molar-refractivity contribution in [2.24, 2.45) is 5.92 Å². The van der Waals surface area contributed by atoms with Crippen LogP contribution in [0.5, 0.6) is 0 Å². The number of nitrogens with one attached hydrogen (secondary N) is 1. The minimum Gasteiger partial charge on any atom is -0.316 e. The molecular weight excluding hydrogens is 312 g/mol. The van der Waals surface area contributed by atoms with E-state index in [9.17, 15) is 8.78 Å². The van der Waals surface area contributed by atoms with Gasteiger partial charge in [0.2, 0.25) is 0 Å². The molecule has 1 nitrogen and oxygen atoms in total. The van der Waals surface area contributed by atoms with Gasteiger partial charge in [0.25, 0.3) is 0 Å². The van der Waals surface area contributed by atoms with Crippen molar-refractivity contribution in [1.29, 1.82) is 0 Å². The fourth-order valence-corrected chi connectivity index (χ4v) is 2.58. The number of hydrogen-bond acceptors (Lipinski definition) is 1. The highest BCUT2D eigenvalue weighted by Crippen LogP contribution is 2.25. The molecule has 0 aliphatic heterocycles. The molecule has 0 aliphatic carbocycles. The molecule has 4 heteroatoms. The molecule has 0 saturated heterocycles. The third-order valence-corrected chi connectivity index (χ3v) is 3.80. The number of hydrogen-bond donors (Lipinski definition) is 1. The highest BCUT2D eigenvalue weighted by molar-refractivity contribution is 9.10. The van der Waals surface area contributed by atoms with Gasteiger partial charge in [-0.15, -0.1) is 0 Å². The van der Waals surface area contributed by atoms with E-state index in [-0.39, 0.29) is 11.5 Å². The first-order chi connectivity index (χ1) is 9.10. The van der Waals surface area contributed by atoms with Crippen molar-refractivity contribution in [3.05, 3.63) is 33.8 Å². The van der Waals surface area contributed by atoms with Crippen molar-refractivity contribution in [3.63, 3.8) is 0 Å². The van der Waals surface area contributed by atoms with Gasteiger partial charge in [-0.3, -0.25) is 0 Å². The molecule has 1 atom stereocenters. The molecule has 0 fully saturated rings. The van der Waals surface area contributed by atoms with Gasteiger partial charge in [-0.25, -0.2) is 8.78 Å². The average Bonchev–Trinajstić information content (AvgIpc) is 2.39. The van der Waals surface area contributed by atoms with E-state index in [4.69, 9.17) is 0 Å². The van der Waals surface area contributed by atoms with E-state index in [0.29, 0.717) is 10.9 Å². The summed E-state index contributed by atoms with van der Waals surface area (Å²) in [5.41, 5.74) is 0.200. The first-order valence-corrected chi connectivity index (χ1v) is 7.72. The van der Waals surface area contributed by atoms with Gasteiger partial charge in [0.1, 0.15) is 11.6 Å². The maximum absolute atomic E-state index is 13.9. The lowest BCUT2D eigenvalue weighted by atomic mass is 9.94. The van der Waals surface area contributed by atoms with Crippen molar-refractivity contribution in [2.45, 2.75) is 39.5 Å². The zero-order valence-electron chi connectivity index (χ0n) is 11.6. The summed E-state index contributed by atoms with van der Waals surface area (Å²) >= 11 is 3.12. The van der Waals surface area contributed by atoms with E-state index in [1.54, 1.807) is 0 Å². The Bertz CT molecular complexity index is 396. The third-order valence-electron chi connectivity index (χ3n) is 3.19. The zero-order valence-corrected chi connectivity index (χ0v) is 13.2. The molecule has 0 radical (unpaired) electrons. The molecule has 0 bridgehead atoms. The second-order valence-corrected chi connectivity index (χ2v) is 5.74. The molecule has 1 aromatic carbocycles. The maximum Gasteiger partial charge on any atom is 0.143 e. The average molecular weight is 334 g/mol. The van der Waals surface area contributed by atoms with Crippen molar-refractivity contribution in [1.82, 2.24) is 5.32 Å². The fourth-order valence-electron chi connectivity index (χ4n) is 2.21. The first-order valence-electron chi connectivity index (χ1n) is 6.93. The molecule has 19 heavy (non-hydrogen) atoms. The van der Waals surface area contributed by atoms with Gasteiger partial charge in [0.15, 0.2) is 0 Å². The van der Waals surface area contributed by atoms with E-state index in [1.165, 1.54) is 12.1 Å². The predicted octanol–water partition coefficient (Wildman–Crippen LogP) is 4.69. The lowest BCUT2D eigenvalue weighted by molar-refractivity contribution is 0.421. The van der Waals surface area contributed by atoms with Gasteiger partial charge in [0.05, 0.1) is 4.47 Å². The van der Waals surface area contributed by atoms with Crippen LogP contribution in [0.15, 0.2) is 16.6 Å². The summed E-state index contributed by atoms with van der Waals surface area (Å²) in [4.78, 5) is 0. The van der Waals surface area contributed by atoms with Crippen LogP contribution in [-0.2, 0) is 6.42 Å². The molecular formula is C15H22BrF2N. The van der Waals surface area contributed by atoms with Crippen LogP contribution < -0.4 is 5.32 Å². The Kier molecular flexibility index (Phi) is 7.54. The second kappa shape index (κ2) is 8.64.